The van der Waals surface area contributed by atoms with Gasteiger partial charge in [-0.1, -0.05) is 0 Å². The Bertz CT molecular complexity index is 687. The third kappa shape index (κ3) is 3.40. The first-order valence-electron chi connectivity index (χ1n) is 5.83. The average molecular weight is 301 g/mol. The summed E-state index contributed by atoms with van der Waals surface area (Å²) in [6.45, 7) is 1.93. The van der Waals surface area contributed by atoms with Gasteiger partial charge in [0.25, 0.3) is 0 Å². The van der Waals surface area contributed by atoms with E-state index in [9.17, 15) is 17.2 Å². The standard InChI is InChI=1S/C12H13F2N3O2S/c1-9(8-17-6-2-5-15-17)16-20(18,19)12-4-3-10(13)7-11(12)14/h2-7,9,16H,8H2,1H3. The van der Waals surface area contributed by atoms with Crippen molar-refractivity contribution in [2.24, 2.45) is 0 Å². The second-order valence-electron chi connectivity index (χ2n) is 4.33. The molecule has 1 heterocycles. The van der Waals surface area contributed by atoms with E-state index in [1.807, 2.05) is 0 Å². The van der Waals surface area contributed by atoms with Crippen LogP contribution in [-0.4, -0.2) is 24.2 Å². The van der Waals surface area contributed by atoms with Gasteiger partial charge in [-0.2, -0.15) is 5.10 Å². The van der Waals surface area contributed by atoms with Crippen molar-refractivity contribution in [3.63, 3.8) is 0 Å². The van der Waals surface area contributed by atoms with Crippen molar-refractivity contribution in [1.82, 2.24) is 14.5 Å². The van der Waals surface area contributed by atoms with Crippen molar-refractivity contribution in [3.8, 4) is 0 Å². The highest BCUT2D eigenvalue weighted by molar-refractivity contribution is 7.89. The second kappa shape index (κ2) is 5.68. The van der Waals surface area contributed by atoms with Gasteiger partial charge in [0.15, 0.2) is 0 Å². The molecule has 0 amide bonds. The van der Waals surface area contributed by atoms with Crippen molar-refractivity contribution in [1.29, 1.82) is 0 Å². The number of hydrogen-bond donors (Lipinski definition) is 1. The smallest absolute Gasteiger partial charge is 0.243 e. The highest BCUT2D eigenvalue weighted by Crippen LogP contribution is 2.15. The fourth-order valence-corrected chi connectivity index (χ4v) is 3.04. The molecule has 0 fully saturated rings. The molecule has 1 unspecified atom stereocenters. The summed E-state index contributed by atoms with van der Waals surface area (Å²) in [4.78, 5) is -0.578. The van der Waals surface area contributed by atoms with E-state index in [4.69, 9.17) is 0 Å². The highest BCUT2D eigenvalue weighted by Gasteiger charge is 2.21. The van der Waals surface area contributed by atoms with Gasteiger partial charge < -0.3 is 0 Å². The van der Waals surface area contributed by atoms with Gasteiger partial charge >= 0.3 is 0 Å². The molecule has 2 rings (SSSR count). The summed E-state index contributed by atoms with van der Waals surface area (Å²) in [5.74, 6) is -1.95. The lowest BCUT2D eigenvalue weighted by Gasteiger charge is -2.14. The van der Waals surface area contributed by atoms with Crippen molar-refractivity contribution in [3.05, 3.63) is 48.3 Å². The summed E-state index contributed by atoms with van der Waals surface area (Å²) in [6, 6.07) is 3.54. The maximum absolute atomic E-state index is 13.5. The van der Waals surface area contributed by atoms with Crippen LogP contribution in [0, 0.1) is 11.6 Å². The number of nitrogens with zero attached hydrogens (tertiary/aromatic N) is 2. The van der Waals surface area contributed by atoms with E-state index in [1.165, 1.54) is 0 Å². The van der Waals surface area contributed by atoms with Crippen LogP contribution in [0.5, 0.6) is 0 Å². The normalized spacial score (nSPS) is 13.3. The molecule has 20 heavy (non-hydrogen) atoms. The number of hydrogen-bond acceptors (Lipinski definition) is 3. The molecule has 0 radical (unpaired) electrons. The number of halogens is 2. The highest BCUT2D eigenvalue weighted by atomic mass is 32.2. The number of nitrogens with one attached hydrogen (secondary N) is 1. The molecule has 0 aliphatic heterocycles. The monoisotopic (exact) mass is 301 g/mol. The van der Waals surface area contributed by atoms with Gasteiger partial charge in [0.2, 0.25) is 10.0 Å². The first-order chi connectivity index (χ1) is 9.38. The molecule has 0 saturated carbocycles. The van der Waals surface area contributed by atoms with Crippen molar-refractivity contribution >= 4 is 10.0 Å². The number of benzene rings is 1. The van der Waals surface area contributed by atoms with Crippen LogP contribution in [0.1, 0.15) is 6.92 Å². The van der Waals surface area contributed by atoms with Gasteiger partial charge in [0, 0.05) is 24.5 Å². The molecule has 0 spiro atoms. The van der Waals surface area contributed by atoms with Crippen LogP contribution < -0.4 is 4.72 Å². The fraction of sp³-hybridized carbons (Fsp3) is 0.250. The van der Waals surface area contributed by atoms with Gasteiger partial charge in [-0.3, -0.25) is 4.68 Å². The molecule has 2 aromatic rings. The Labute approximate surface area is 115 Å². The van der Waals surface area contributed by atoms with E-state index in [-0.39, 0.29) is 0 Å². The Morgan fingerprint density at radius 3 is 2.75 bits per heavy atom. The SMILES string of the molecule is CC(Cn1cccn1)NS(=O)(=O)c1ccc(F)cc1F. The molecular weight excluding hydrogens is 288 g/mol. The van der Waals surface area contributed by atoms with E-state index in [0.717, 1.165) is 12.1 Å². The molecule has 1 aromatic carbocycles. The molecule has 8 heteroatoms. The quantitative estimate of drug-likeness (QED) is 0.911. The van der Waals surface area contributed by atoms with Crippen LogP contribution in [0.3, 0.4) is 0 Å². The van der Waals surface area contributed by atoms with Crippen LogP contribution in [-0.2, 0) is 16.6 Å². The number of rotatable bonds is 5. The molecular formula is C12H13F2N3O2S. The first kappa shape index (κ1) is 14.6. The summed E-state index contributed by atoms with van der Waals surface area (Å²) < 4.78 is 54.2. The summed E-state index contributed by atoms with van der Waals surface area (Å²) in [7, 11) is -4.04. The van der Waals surface area contributed by atoms with E-state index < -0.39 is 32.6 Å². The van der Waals surface area contributed by atoms with Crippen LogP contribution in [0.25, 0.3) is 0 Å². The lowest BCUT2D eigenvalue weighted by Crippen LogP contribution is -2.36. The first-order valence-corrected chi connectivity index (χ1v) is 7.31. The summed E-state index contributed by atoms with van der Waals surface area (Å²) >= 11 is 0. The number of sulfonamides is 1. The third-order valence-corrected chi connectivity index (χ3v) is 4.18. The molecule has 0 bridgehead atoms. The van der Waals surface area contributed by atoms with Crippen LogP contribution in [0.4, 0.5) is 8.78 Å². The van der Waals surface area contributed by atoms with E-state index in [0.29, 0.717) is 12.6 Å². The fourth-order valence-electron chi connectivity index (χ4n) is 1.75. The van der Waals surface area contributed by atoms with Crippen molar-refractivity contribution in [2.45, 2.75) is 24.4 Å². The van der Waals surface area contributed by atoms with Crippen LogP contribution >= 0.6 is 0 Å². The zero-order valence-corrected chi connectivity index (χ0v) is 11.4. The third-order valence-electron chi connectivity index (χ3n) is 2.56. The predicted octanol–water partition coefficient (Wildman–Crippen LogP) is 1.53. The Kier molecular flexibility index (Phi) is 4.15. The van der Waals surface area contributed by atoms with E-state index in [1.54, 1.807) is 30.1 Å². The van der Waals surface area contributed by atoms with Crippen LogP contribution in [0.2, 0.25) is 0 Å². The Balaban J connectivity index is 2.14. The molecule has 0 aliphatic carbocycles. The zero-order valence-electron chi connectivity index (χ0n) is 10.6. The lowest BCUT2D eigenvalue weighted by molar-refractivity contribution is 0.489. The Morgan fingerprint density at radius 1 is 1.40 bits per heavy atom. The maximum Gasteiger partial charge on any atom is 0.243 e. The molecule has 1 atom stereocenters. The van der Waals surface area contributed by atoms with Crippen LogP contribution in [0.15, 0.2) is 41.6 Å². The van der Waals surface area contributed by atoms with E-state index in [2.05, 4.69) is 9.82 Å². The topological polar surface area (TPSA) is 64.0 Å². The molecule has 1 aromatic heterocycles. The molecule has 108 valence electrons. The molecule has 1 N–H and O–H groups in total. The average Bonchev–Trinajstić information content (AvgIpc) is 2.79. The van der Waals surface area contributed by atoms with Gasteiger partial charge in [-0.25, -0.2) is 21.9 Å². The minimum atomic E-state index is -4.04. The molecule has 0 aliphatic rings. The summed E-state index contributed by atoms with van der Waals surface area (Å²) in [5.41, 5.74) is 0. The Hall–Kier alpha value is -1.80. The maximum atomic E-state index is 13.5. The number of aromatic nitrogens is 2. The minimum absolute atomic E-state index is 0.301. The van der Waals surface area contributed by atoms with Gasteiger partial charge in [-0.15, -0.1) is 0 Å². The second-order valence-corrected chi connectivity index (χ2v) is 6.01. The van der Waals surface area contributed by atoms with Crippen molar-refractivity contribution < 1.29 is 17.2 Å². The predicted molar refractivity (Wildman–Crippen MR) is 68.4 cm³/mol. The van der Waals surface area contributed by atoms with Gasteiger partial charge in [-0.05, 0) is 25.1 Å². The lowest BCUT2D eigenvalue weighted by atomic mass is 10.3. The Morgan fingerprint density at radius 2 is 2.15 bits per heavy atom. The van der Waals surface area contributed by atoms with Gasteiger partial charge in [0.1, 0.15) is 16.5 Å². The summed E-state index contributed by atoms with van der Waals surface area (Å²) in [6.07, 6.45) is 3.25. The summed E-state index contributed by atoms with van der Waals surface area (Å²) in [5, 5.41) is 3.95. The zero-order chi connectivity index (χ0) is 14.8. The van der Waals surface area contributed by atoms with E-state index >= 15 is 0 Å². The molecule has 5 nitrogen and oxygen atoms in total. The largest absolute Gasteiger partial charge is 0.271 e. The minimum Gasteiger partial charge on any atom is -0.271 e. The molecule has 0 saturated heterocycles. The van der Waals surface area contributed by atoms with Crippen molar-refractivity contribution in [2.75, 3.05) is 0 Å². The van der Waals surface area contributed by atoms with Gasteiger partial charge in [0.05, 0.1) is 6.54 Å².